The number of amides is 1. The van der Waals surface area contributed by atoms with Crippen molar-refractivity contribution in [1.29, 1.82) is 0 Å². The molecule has 0 fully saturated rings. The van der Waals surface area contributed by atoms with Gasteiger partial charge in [0.05, 0.1) is 17.0 Å². The lowest BCUT2D eigenvalue weighted by atomic mass is 10.1. The smallest absolute Gasteiger partial charge is 0.232 e. The zero-order valence-electron chi connectivity index (χ0n) is 17.5. The molecule has 1 N–H and O–H groups in total. The van der Waals surface area contributed by atoms with Crippen LogP contribution in [0.15, 0.2) is 67.0 Å². The van der Waals surface area contributed by atoms with Crippen molar-refractivity contribution in [3.63, 3.8) is 0 Å². The van der Waals surface area contributed by atoms with Crippen LogP contribution in [-0.4, -0.2) is 32.1 Å². The average Bonchev–Trinajstić information content (AvgIpc) is 2.75. The molecule has 0 bridgehead atoms. The molecule has 2 aromatic carbocycles. The van der Waals surface area contributed by atoms with E-state index in [1.165, 1.54) is 12.1 Å². The van der Waals surface area contributed by atoms with Crippen LogP contribution in [-0.2, 0) is 21.2 Å². The van der Waals surface area contributed by atoms with Gasteiger partial charge in [0.25, 0.3) is 0 Å². The van der Waals surface area contributed by atoms with Crippen molar-refractivity contribution in [2.75, 3.05) is 22.4 Å². The number of carbonyl (C=O) groups is 1. The van der Waals surface area contributed by atoms with Crippen molar-refractivity contribution in [2.45, 2.75) is 19.3 Å². The van der Waals surface area contributed by atoms with Crippen LogP contribution in [0.2, 0.25) is 5.02 Å². The summed E-state index contributed by atoms with van der Waals surface area (Å²) >= 11 is 5.78. The number of benzene rings is 2. The fourth-order valence-electron chi connectivity index (χ4n) is 3.18. The molecule has 0 saturated carbocycles. The van der Waals surface area contributed by atoms with E-state index >= 15 is 0 Å². The Bertz CT molecular complexity index is 1170. The maximum absolute atomic E-state index is 13.4. The molecule has 0 aliphatic carbocycles. The summed E-state index contributed by atoms with van der Waals surface area (Å²) in [5.41, 5.74) is 3.17. The molecular weight excluding hydrogens is 453 g/mol. The van der Waals surface area contributed by atoms with Gasteiger partial charge in [0.1, 0.15) is 5.82 Å². The maximum Gasteiger partial charge on any atom is 0.232 e. The minimum Gasteiger partial charge on any atom is -0.326 e. The third-order valence-electron chi connectivity index (χ3n) is 4.75. The quantitative estimate of drug-likeness (QED) is 0.488. The lowest BCUT2D eigenvalue weighted by Crippen LogP contribution is -2.31. The average molecular weight is 476 g/mol. The minimum atomic E-state index is -3.62. The number of halogens is 2. The zero-order chi connectivity index (χ0) is 23.1. The Kier molecular flexibility index (Phi) is 7.82. The maximum atomic E-state index is 13.4. The minimum absolute atomic E-state index is 0.0685. The first-order valence-electron chi connectivity index (χ1n) is 9.93. The Labute approximate surface area is 192 Å². The number of rotatable bonds is 9. The number of sulfonamides is 1. The van der Waals surface area contributed by atoms with Crippen LogP contribution in [0, 0.1) is 5.82 Å². The van der Waals surface area contributed by atoms with Gasteiger partial charge >= 0.3 is 0 Å². The van der Waals surface area contributed by atoms with E-state index in [0.29, 0.717) is 5.69 Å². The van der Waals surface area contributed by atoms with Gasteiger partial charge in [-0.25, -0.2) is 12.8 Å². The van der Waals surface area contributed by atoms with Crippen LogP contribution < -0.4 is 9.62 Å². The fourth-order valence-corrected chi connectivity index (χ4v) is 4.31. The van der Waals surface area contributed by atoms with Gasteiger partial charge in [-0.2, -0.15) is 0 Å². The second kappa shape index (κ2) is 10.6. The number of anilines is 2. The van der Waals surface area contributed by atoms with Crippen molar-refractivity contribution < 1.29 is 17.6 Å². The molecule has 3 rings (SSSR count). The number of hydrogen-bond donors (Lipinski definition) is 1. The van der Waals surface area contributed by atoms with Crippen molar-refractivity contribution in [3.05, 3.63) is 89.0 Å². The topological polar surface area (TPSA) is 79.4 Å². The van der Waals surface area contributed by atoms with Crippen molar-refractivity contribution in [1.82, 2.24) is 4.98 Å². The SMILES string of the molecule is CS(=O)(=O)N(CCCC(=O)Nc1ccc(Cc2ccncc2)cc1)c1ccc(F)c(Cl)c1. The van der Waals surface area contributed by atoms with Crippen LogP contribution in [0.3, 0.4) is 0 Å². The number of pyridine rings is 1. The van der Waals surface area contributed by atoms with Gasteiger partial charge in [0.15, 0.2) is 0 Å². The highest BCUT2D eigenvalue weighted by Gasteiger charge is 2.19. The highest BCUT2D eigenvalue weighted by molar-refractivity contribution is 7.92. The molecule has 0 atom stereocenters. The lowest BCUT2D eigenvalue weighted by Gasteiger charge is -2.22. The normalized spacial score (nSPS) is 11.2. The molecule has 0 radical (unpaired) electrons. The molecule has 1 heterocycles. The monoisotopic (exact) mass is 475 g/mol. The van der Waals surface area contributed by atoms with Crippen LogP contribution in [0.5, 0.6) is 0 Å². The highest BCUT2D eigenvalue weighted by atomic mass is 35.5. The molecule has 3 aromatic rings. The molecule has 0 unspecified atom stereocenters. The Morgan fingerprint density at radius 1 is 1.06 bits per heavy atom. The van der Waals surface area contributed by atoms with Crippen LogP contribution in [0.25, 0.3) is 0 Å². The summed E-state index contributed by atoms with van der Waals surface area (Å²) in [6.45, 7) is 0.0685. The second-order valence-corrected chi connectivity index (χ2v) is 9.63. The number of aromatic nitrogens is 1. The molecular formula is C23H23ClFN3O3S. The van der Waals surface area contributed by atoms with Crippen LogP contribution >= 0.6 is 11.6 Å². The van der Waals surface area contributed by atoms with Crippen LogP contribution in [0.4, 0.5) is 15.8 Å². The number of nitrogens with zero attached hydrogens (tertiary/aromatic N) is 2. The Balaban J connectivity index is 1.53. The molecule has 0 spiro atoms. The Hall–Kier alpha value is -2.97. The first kappa shape index (κ1) is 23.7. The summed E-state index contributed by atoms with van der Waals surface area (Å²) in [5, 5.41) is 2.65. The number of carbonyl (C=O) groups excluding carboxylic acids is 1. The molecule has 6 nitrogen and oxygen atoms in total. The number of nitrogens with one attached hydrogen (secondary N) is 1. The first-order valence-corrected chi connectivity index (χ1v) is 12.2. The predicted molar refractivity (Wildman–Crippen MR) is 125 cm³/mol. The summed E-state index contributed by atoms with van der Waals surface area (Å²) in [6.07, 6.45) is 5.73. The Morgan fingerprint density at radius 3 is 2.34 bits per heavy atom. The summed E-state index contributed by atoms with van der Waals surface area (Å²) in [7, 11) is -3.62. The third kappa shape index (κ3) is 6.77. The third-order valence-corrected chi connectivity index (χ3v) is 6.24. The van der Waals surface area contributed by atoms with Gasteiger partial charge in [0.2, 0.25) is 15.9 Å². The van der Waals surface area contributed by atoms with E-state index in [1.807, 2.05) is 36.4 Å². The standard InChI is InChI=1S/C23H23ClFN3O3S/c1-32(30,31)28(20-8-9-22(25)21(24)16-20)14-2-3-23(29)27-19-6-4-17(5-7-19)15-18-10-12-26-13-11-18/h4-13,16H,2-3,14-15H2,1H3,(H,27,29). The van der Waals surface area contributed by atoms with E-state index in [0.717, 1.165) is 34.2 Å². The second-order valence-electron chi connectivity index (χ2n) is 7.31. The predicted octanol–water partition coefficient (Wildman–Crippen LogP) is 4.65. The van der Waals surface area contributed by atoms with E-state index in [1.54, 1.807) is 12.4 Å². The molecule has 0 aliphatic rings. The Morgan fingerprint density at radius 2 is 1.72 bits per heavy atom. The highest BCUT2D eigenvalue weighted by Crippen LogP contribution is 2.25. The van der Waals surface area contributed by atoms with Crippen molar-refractivity contribution >= 4 is 38.9 Å². The van der Waals surface area contributed by atoms with E-state index in [2.05, 4.69) is 10.3 Å². The van der Waals surface area contributed by atoms with E-state index in [4.69, 9.17) is 11.6 Å². The number of hydrogen-bond acceptors (Lipinski definition) is 4. The summed E-state index contributed by atoms with van der Waals surface area (Å²) in [5.74, 6) is -0.854. The first-order chi connectivity index (χ1) is 15.2. The summed E-state index contributed by atoms with van der Waals surface area (Å²) in [4.78, 5) is 16.3. The van der Waals surface area contributed by atoms with E-state index in [9.17, 15) is 17.6 Å². The molecule has 1 amide bonds. The summed E-state index contributed by atoms with van der Waals surface area (Å²) in [6, 6.07) is 15.2. The van der Waals surface area contributed by atoms with Gasteiger partial charge < -0.3 is 5.32 Å². The van der Waals surface area contributed by atoms with Crippen LogP contribution in [0.1, 0.15) is 24.0 Å². The zero-order valence-corrected chi connectivity index (χ0v) is 19.0. The molecule has 0 saturated heterocycles. The molecule has 1 aromatic heterocycles. The van der Waals surface area contributed by atoms with E-state index in [-0.39, 0.29) is 36.0 Å². The summed E-state index contributed by atoms with van der Waals surface area (Å²) < 4.78 is 38.8. The lowest BCUT2D eigenvalue weighted by molar-refractivity contribution is -0.116. The van der Waals surface area contributed by atoms with Crippen molar-refractivity contribution in [3.8, 4) is 0 Å². The van der Waals surface area contributed by atoms with Gasteiger partial charge in [-0.3, -0.25) is 14.1 Å². The molecule has 32 heavy (non-hydrogen) atoms. The van der Waals surface area contributed by atoms with Gasteiger partial charge in [-0.1, -0.05) is 23.7 Å². The molecule has 168 valence electrons. The van der Waals surface area contributed by atoms with E-state index < -0.39 is 15.8 Å². The van der Waals surface area contributed by atoms with Crippen molar-refractivity contribution in [2.24, 2.45) is 0 Å². The molecule has 9 heteroatoms. The van der Waals surface area contributed by atoms with Gasteiger partial charge in [-0.05, 0) is 66.4 Å². The molecule has 0 aliphatic heterocycles. The van der Waals surface area contributed by atoms with Gasteiger partial charge in [-0.15, -0.1) is 0 Å². The fraction of sp³-hybridized carbons (Fsp3) is 0.217. The van der Waals surface area contributed by atoms with Gasteiger partial charge in [0, 0.05) is 31.0 Å². The largest absolute Gasteiger partial charge is 0.326 e.